The lowest BCUT2D eigenvalue weighted by atomic mass is 9.88. The Balaban J connectivity index is 2.03. The van der Waals surface area contributed by atoms with Crippen LogP contribution in [0.3, 0.4) is 0 Å². The maximum absolute atomic E-state index is 12.7. The van der Waals surface area contributed by atoms with Crippen LogP contribution in [0.25, 0.3) is 0 Å². The number of aryl methyl sites for hydroxylation is 1. The van der Waals surface area contributed by atoms with E-state index in [9.17, 15) is 9.90 Å². The van der Waals surface area contributed by atoms with E-state index in [-0.39, 0.29) is 16.5 Å². The lowest BCUT2D eigenvalue weighted by Gasteiger charge is -2.24. The lowest BCUT2D eigenvalue weighted by Crippen LogP contribution is -2.23. The Morgan fingerprint density at radius 3 is 2.72 bits per heavy atom. The highest BCUT2D eigenvalue weighted by Crippen LogP contribution is 2.37. The molecule has 1 atom stereocenters. The first kappa shape index (κ1) is 18.0. The number of carbonyl (C=O) groups excluding carboxylic acids is 1. The van der Waals surface area contributed by atoms with Crippen LogP contribution < -0.4 is 0 Å². The zero-order valence-electron chi connectivity index (χ0n) is 13.5. The van der Waals surface area contributed by atoms with Crippen molar-refractivity contribution in [1.29, 1.82) is 0 Å². The van der Waals surface area contributed by atoms with Gasteiger partial charge in [-0.3, -0.25) is 4.79 Å². The van der Waals surface area contributed by atoms with Gasteiger partial charge in [0.2, 0.25) is 5.78 Å². The number of aliphatic hydroxyl groups is 1. The zero-order chi connectivity index (χ0) is 18.2. The minimum absolute atomic E-state index is 0.106. The molecule has 1 unspecified atom stereocenters. The van der Waals surface area contributed by atoms with Crippen LogP contribution in [0, 0.1) is 6.92 Å². The zero-order valence-corrected chi connectivity index (χ0v) is 15.8. The van der Waals surface area contributed by atoms with Crippen LogP contribution in [0.5, 0.6) is 0 Å². The molecule has 0 radical (unpaired) electrons. The third kappa shape index (κ3) is 3.46. The Morgan fingerprint density at radius 2 is 2.04 bits per heavy atom. The predicted molar refractivity (Wildman–Crippen MR) is 99.7 cm³/mol. The average Bonchev–Trinajstić information content (AvgIpc) is 2.97. The lowest BCUT2D eigenvalue weighted by molar-refractivity contribution is 0.101. The molecule has 3 aromatic rings. The van der Waals surface area contributed by atoms with Crippen LogP contribution in [-0.2, 0) is 5.60 Å². The fourth-order valence-electron chi connectivity index (χ4n) is 2.62. The van der Waals surface area contributed by atoms with Crippen molar-refractivity contribution in [2.24, 2.45) is 0 Å². The van der Waals surface area contributed by atoms with Gasteiger partial charge in [0.15, 0.2) is 0 Å². The standard InChI is InChI=1S/C18H14Cl2N2O2S/c1-10-14(18(2,24)11-4-3-5-12(19)6-11)7-15(25-10)16(23)13-8-21-9-22-17(13)20/h3-9,24H,1-2H3. The average molecular weight is 393 g/mol. The maximum atomic E-state index is 12.7. The molecular weight excluding hydrogens is 379 g/mol. The third-order valence-corrected chi connectivity index (χ3v) is 5.55. The second-order valence-corrected chi connectivity index (χ2v) is 7.77. The number of ketones is 1. The van der Waals surface area contributed by atoms with Crippen molar-refractivity contribution < 1.29 is 9.90 Å². The highest BCUT2D eigenvalue weighted by molar-refractivity contribution is 7.14. The molecule has 0 aliphatic rings. The first-order chi connectivity index (χ1) is 11.8. The molecule has 4 nitrogen and oxygen atoms in total. The molecule has 0 saturated heterocycles. The Kier molecular flexibility index (Phi) is 4.93. The van der Waals surface area contributed by atoms with Crippen molar-refractivity contribution >= 4 is 40.3 Å². The van der Waals surface area contributed by atoms with E-state index in [0.717, 1.165) is 4.88 Å². The minimum atomic E-state index is -1.28. The third-order valence-electron chi connectivity index (χ3n) is 3.96. The molecule has 0 aliphatic carbocycles. The van der Waals surface area contributed by atoms with Crippen molar-refractivity contribution in [2.45, 2.75) is 19.4 Å². The molecule has 7 heteroatoms. The molecule has 3 rings (SSSR count). The fraction of sp³-hybridized carbons (Fsp3) is 0.167. The highest BCUT2D eigenvalue weighted by Gasteiger charge is 2.30. The molecule has 0 amide bonds. The number of halogens is 2. The van der Waals surface area contributed by atoms with Gasteiger partial charge >= 0.3 is 0 Å². The van der Waals surface area contributed by atoms with Gasteiger partial charge in [0.1, 0.15) is 17.1 Å². The first-order valence-corrected chi connectivity index (χ1v) is 8.97. The summed E-state index contributed by atoms with van der Waals surface area (Å²) < 4.78 is 0. The molecule has 0 bridgehead atoms. The van der Waals surface area contributed by atoms with Crippen LogP contribution in [0.4, 0.5) is 0 Å². The summed E-state index contributed by atoms with van der Waals surface area (Å²) in [6, 6.07) is 8.72. The summed E-state index contributed by atoms with van der Waals surface area (Å²) in [4.78, 5) is 21.7. The van der Waals surface area contributed by atoms with E-state index < -0.39 is 5.60 Å². The van der Waals surface area contributed by atoms with E-state index in [2.05, 4.69) is 9.97 Å². The minimum Gasteiger partial charge on any atom is -0.381 e. The molecule has 1 aromatic carbocycles. The van der Waals surface area contributed by atoms with E-state index in [1.54, 1.807) is 37.3 Å². The summed E-state index contributed by atoms with van der Waals surface area (Å²) in [7, 11) is 0. The summed E-state index contributed by atoms with van der Waals surface area (Å²) in [5, 5.41) is 11.7. The van der Waals surface area contributed by atoms with Crippen LogP contribution in [0.2, 0.25) is 10.2 Å². The van der Waals surface area contributed by atoms with Gasteiger partial charge in [0.25, 0.3) is 0 Å². The molecule has 128 valence electrons. The largest absolute Gasteiger partial charge is 0.381 e. The smallest absolute Gasteiger partial charge is 0.207 e. The molecule has 2 heterocycles. The second kappa shape index (κ2) is 6.84. The van der Waals surface area contributed by atoms with Gasteiger partial charge in [-0.2, -0.15) is 0 Å². The molecule has 0 spiro atoms. The quantitative estimate of drug-likeness (QED) is 0.518. The Bertz CT molecular complexity index is 954. The highest BCUT2D eigenvalue weighted by atomic mass is 35.5. The monoisotopic (exact) mass is 392 g/mol. The maximum Gasteiger partial charge on any atom is 0.207 e. The van der Waals surface area contributed by atoms with Crippen molar-refractivity contribution in [3.8, 4) is 0 Å². The topological polar surface area (TPSA) is 63.1 Å². The summed E-state index contributed by atoms with van der Waals surface area (Å²) in [6.07, 6.45) is 2.68. The second-order valence-electron chi connectivity index (χ2n) is 5.72. The Hall–Kier alpha value is -1.79. The number of thiophene rings is 1. The van der Waals surface area contributed by atoms with E-state index in [1.165, 1.54) is 23.9 Å². The molecule has 0 saturated carbocycles. The van der Waals surface area contributed by atoms with Crippen molar-refractivity contribution in [2.75, 3.05) is 0 Å². The number of aromatic nitrogens is 2. The van der Waals surface area contributed by atoms with Gasteiger partial charge in [-0.25, -0.2) is 9.97 Å². The van der Waals surface area contributed by atoms with Gasteiger partial charge in [0, 0.05) is 21.7 Å². The van der Waals surface area contributed by atoms with Crippen LogP contribution in [-0.4, -0.2) is 20.9 Å². The van der Waals surface area contributed by atoms with Gasteiger partial charge in [-0.1, -0.05) is 35.3 Å². The van der Waals surface area contributed by atoms with Gasteiger partial charge in [-0.05, 0) is 37.6 Å². The number of nitrogens with zero attached hydrogens (tertiary/aromatic N) is 2. The predicted octanol–water partition coefficient (Wildman–Crippen LogP) is 4.64. The van der Waals surface area contributed by atoms with Crippen LogP contribution >= 0.6 is 34.5 Å². The van der Waals surface area contributed by atoms with Crippen molar-refractivity contribution in [1.82, 2.24) is 9.97 Å². The molecule has 25 heavy (non-hydrogen) atoms. The van der Waals surface area contributed by atoms with E-state index in [0.29, 0.717) is 21.0 Å². The Labute approximate surface area is 159 Å². The SMILES string of the molecule is Cc1sc(C(=O)c2cncnc2Cl)cc1C(C)(O)c1cccc(Cl)c1. The first-order valence-electron chi connectivity index (χ1n) is 7.40. The molecule has 2 aromatic heterocycles. The van der Waals surface area contributed by atoms with Gasteiger partial charge < -0.3 is 5.11 Å². The normalized spacial score (nSPS) is 13.5. The molecule has 0 aliphatic heterocycles. The summed E-state index contributed by atoms with van der Waals surface area (Å²) in [6.45, 7) is 3.54. The fourth-order valence-corrected chi connectivity index (χ4v) is 4.07. The van der Waals surface area contributed by atoms with Gasteiger partial charge in [-0.15, -0.1) is 11.3 Å². The number of hydrogen-bond donors (Lipinski definition) is 1. The van der Waals surface area contributed by atoms with E-state index >= 15 is 0 Å². The summed E-state index contributed by atoms with van der Waals surface area (Å²) in [5.41, 5.74) is 0.262. The van der Waals surface area contributed by atoms with Crippen molar-refractivity contribution in [3.05, 3.63) is 79.5 Å². The number of rotatable bonds is 4. The molecule has 1 N–H and O–H groups in total. The summed E-state index contributed by atoms with van der Waals surface area (Å²) >= 11 is 13.3. The summed E-state index contributed by atoms with van der Waals surface area (Å²) in [5.74, 6) is -0.271. The number of carbonyl (C=O) groups is 1. The van der Waals surface area contributed by atoms with Gasteiger partial charge in [0.05, 0.1) is 10.4 Å². The molecule has 0 fully saturated rings. The number of benzene rings is 1. The van der Waals surface area contributed by atoms with E-state index in [1.807, 2.05) is 6.92 Å². The Morgan fingerprint density at radius 1 is 1.28 bits per heavy atom. The number of hydrogen-bond acceptors (Lipinski definition) is 5. The molecular formula is C18H14Cl2N2O2S. The van der Waals surface area contributed by atoms with E-state index in [4.69, 9.17) is 23.2 Å². The van der Waals surface area contributed by atoms with Crippen LogP contribution in [0.15, 0.2) is 42.9 Å². The van der Waals surface area contributed by atoms with Crippen molar-refractivity contribution in [3.63, 3.8) is 0 Å². The van der Waals surface area contributed by atoms with Crippen LogP contribution in [0.1, 0.15) is 38.2 Å².